The van der Waals surface area contributed by atoms with Gasteiger partial charge >= 0.3 is 12.0 Å². The van der Waals surface area contributed by atoms with Crippen LogP contribution in [0, 0.1) is 13.8 Å². The Morgan fingerprint density at radius 1 is 1.11 bits per heavy atom. The van der Waals surface area contributed by atoms with Crippen LogP contribution in [0.5, 0.6) is 0 Å². The van der Waals surface area contributed by atoms with E-state index in [1.54, 1.807) is 0 Å². The topological polar surface area (TPSA) is 78.4 Å². The first-order valence-electron chi connectivity index (χ1n) is 6.29. The number of urea groups is 1. The maximum Gasteiger partial charge on any atom is 0.314 e. The Labute approximate surface area is 113 Å². The highest BCUT2D eigenvalue weighted by molar-refractivity contribution is 5.74. The van der Waals surface area contributed by atoms with Gasteiger partial charge < -0.3 is 15.7 Å². The van der Waals surface area contributed by atoms with Crippen molar-refractivity contribution in [1.82, 2.24) is 10.6 Å². The van der Waals surface area contributed by atoms with Gasteiger partial charge in [-0.3, -0.25) is 4.79 Å². The van der Waals surface area contributed by atoms with E-state index in [1.807, 2.05) is 6.07 Å². The molecule has 0 saturated heterocycles. The first-order valence-corrected chi connectivity index (χ1v) is 6.29. The van der Waals surface area contributed by atoms with E-state index in [-0.39, 0.29) is 19.0 Å². The van der Waals surface area contributed by atoms with E-state index in [0.717, 1.165) is 6.42 Å². The maximum absolute atomic E-state index is 11.4. The van der Waals surface area contributed by atoms with Crippen LogP contribution in [0.2, 0.25) is 0 Å². The molecular formula is C14H20N2O3. The highest BCUT2D eigenvalue weighted by Crippen LogP contribution is 2.13. The number of carbonyl (C=O) groups excluding carboxylic acids is 1. The third-order valence-electron chi connectivity index (χ3n) is 2.93. The second kappa shape index (κ2) is 7.41. The van der Waals surface area contributed by atoms with Gasteiger partial charge in [-0.1, -0.05) is 18.2 Å². The van der Waals surface area contributed by atoms with Gasteiger partial charge in [0.2, 0.25) is 0 Å². The molecule has 0 aliphatic carbocycles. The van der Waals surface area contributed by atoms with Crippen LogP contribution < -0.4 is 10.6 Å². The maximum atomic E-state index is 11.4. The predicted molar refractivity (Wildman–Crippen MR) is 73.3 cm³/mol. The van der Waals surface area contributed by atoms with Crippen LogP contribution in [0.25, 0.3) is 0 Å². The summed E-state index contributed by atoms with van der Waals surface area (Å²) in [6, 6.07) is 5.79. The lowest BCUT2D eigenvalue weighted by molar-refractivity contribution is -0.136. The number of rotatable bonds is 6. The number of hydrogen-bond acceptors (Lipinski definition) is 2. The third-order valence-corrected chi connectivity index (χ3v) is 2.93. The Balaban J connectivity index is 2.30. The van der Waals surface area contributed by atoms with E-state index in [2.05, 4.69) is 36.6 Å². The zero-order valence-corrected chi connectivity index (χ0v) is 11.3. The average Bonchev–Trinajstić information content (AvgIpc) is 2.32. The molecule has 0 aliphatic heterocycles. The van der Waals surface area contributed by atoms with Gasteiger partial charge in [0.15, 0.2) is 0 Å². The molecule has 19 heavy (non-hydrogen) atoms. The molecule has 0 spiro atoms. The fourth-order valence-corrected chi connectivity index (χ4v) is 1.89. The van der Waals surface area contributed by atoms with Crippen LogP contribution in [0.15, 0.2) is 18.2 Å². The molecule has 0 atom stereocenters. The molecule has 0 aromatic heterocycles. The van der Waals surface area contributed by atoms with Crippen LogP contribution in [0.3, 0.4) is 0 Å². The van der Waals surface area contributed by atoms with Crippen LogP contribution in [-0.4, -0.2) is 30.2 Å². The van der Waals surface area contributed by atoms with Gasteiger partial charge in [-0.25, -0.2) is 4.79 Å². The van der Waals surface area contributed by atoms with Gasteiger partial charge in [-0.05, 0) is 37.0 Å². The standard InChI is InChI=1S/C14H20N2O3/c1-10-4-3-5-11(2)12(10)6-8-15-14(19)16-9-7-13(17)18/h3-5H,6-9H2,1-2H3,(H,17,18)(H2,15,16,19). The minimum Gasteiger partial charge on any atom is -0.481 e. The lowest BCUT2D eigenvalue weighted by atomic mass is 10.0. The summed E-state index contributed by atoms with van der Waals surface area (Å²) in [4.78, 5) is 21.7. The van der Waals surface area contributed by atoms with E-state index in [4.69, 9.17) is 5.11 Å². The Hall–Kier alpha value is -2.04. The van der Waals surface area contributed by atoms with Crippen molar-refractivity contribution in [3.05, 3.63) is 34.9 Å². The van der Waals surface area contributed by atoms with Gasteiger partial charge in [0.1, 0.15) is 0 Å². The van der Waals surface area contributed by atoms with Gasteiger partial charge in [0, 0.05) is 13.1 Å². The number of aliphatic carboxylic acids is 1. The minimum atomic E-state index is -0.921. The molecule has 2 amide bonds. The second-order valence-electron chi connectivity index (χ2n) is 4.45. The number of hydrogen-bond donors (Lipinski definition) is 3. The van der Waals surface area contributed by atoms with Crippen LogP contribution in [0.1, 0.15) is 23.1 Å². The van der Waals surface area contributed by atoms with Crippen molar-refractivity contribution in [2.75, 3.05) is 13.1 Å². The van der Waals surface area contributed by atoms with Crippen molar-refractivity contribution in [2.24, 2.45) is 0 Å². The lowest BCUT2D eigenvalue weighted by Crippen LogP contribution is -2.37. The molecule has 0 aliphatic rings. The van der Waals surface area contributed by atoms with Gasteiger partial charge in [-0.2, -0.15) is 0 Å². The van der Waals surface area contributed by atoms with E-state index < -0.39 is 5.97 Å². The first kappa shape index (κ1) is 15.0. The molecule has 1 rings (SSSR count). The van der Waals surface area contributed by atoms with E-state index in [0.29, 0.717) is 6.54 Å². The van der Waals surface area contributed by atoms with Crippen molar-refractivity contribution in [2.45, 2.75) is 26.7 Å². The molecule has 0 saturated carbocycles. The molecule has 1 aromatic rings. The summed E-state index contributed by atoms with van der Waals surface area (Å²) in [5.74, 6) is -0.921. The van der Waals surface area contributed by atoms with Gasteiger partial charge in [0.25, 0.3) is 0 Å². The molecule has 5 heteroatoms. The van der Waals surface area contributed by atoms with Crippen molar-refractivity contribution in [1.29, 1.82) is 0 Å². The normalized spacial score (nSPS) is 10.0. The highest BCUT2D eigenvalue weighted by Gasteiger charge is 2.04. The van der Waals surface area contributed by atoms with Crippen molar-refractivity contribution in [3.63, 3.8) is 0 Å². The summed E-state index contributed by atoms with van der Waals surface area (Å²) in [5, 5.41) is 13.7. The first-order chi connectivity index (χ1) is 9.00. The molecule has 5 nitrogen and oxygen atoms in total. The number of amides is 2. The van der Waals surface area contributed by atoms with Crippen LogP contribution >= 0.6 is 0 Å². The number of carboxylic acids is 1. The molecule has 0 heterocycles. The predicted octanol–water partition coefficient (Wildman–Crippen LogP) is 1.62. The summed E-state index contributed by atoms with van der Waals surface area (Å²) in [5.41, 5.74) is 3.68. The van der Waals surface area contributed by atoms with E-state index in [1.165, 1.54) is 16.7 Å². The number of carboxylic acid groups (broad SMARTS) is 1. The van der Waals surface area contributed by atoms with Crippen molar-refractivity contribution < 1.29 is 14.7 Å². The number of nitrogens with one attached hydrogen (secondary N) is 2. The molecule has 1 aromatic carbocycles. The minimum absolute atomic E-state index is 0.0652. The third kappa shape index (κ3) is 5.42. The summed E-state index contributed by atoms with van der Waals surface area (Å²) in [6.07, 6.45) is 0.704. The summed E-state index contributed by atoms with van der Waals surface area (Å²) in [7, 11) is 0. The monoisotopic (exact) mass is 264 g/mol. The molecular weight excluding hydrogens is 244 g/mol. The largest absolute Gasteiger partial charge is 0.481 e. The molecule has 0 unspecified atom stereocenters. The Kier molecular flexibility index (Phi) is 5.85. The molecule has 104 valence electrons. The summed E-state index contributed by atoms with van der Waals surface area (Å²) >= 11 is 0. The van der Waals surface area contributed by atoms with Gasteiger partial charge in [0.05, 0.1) is 6.42 Å². The zero-order valence-electron chi connectivity index (χ0n) is 11.3. The highest BCUT2D eigenvalue weighted by atomic mass is 16.4. The molecule has 0 bridgehead atoms. The average molecular weight is 264 g/mol. The number of benzene rings is 1. The SMILES string of the molecule is Cc1cccc(C)c1CCNC(=O)NCCC(=O)O. The Morgan fingerprint density at radius 2 is 1.68 bits per heavy atom. The van der Waals surface area contributed by atoms with Crippen LogP contribution in [0.4, 0.5) is 4.79 Å². The quantitative estimate of drug-likeness (QED) is 0.730. The van der Waals surface area contributed by atoms with E-state index >= 15 is 0 Å². The van der Waals surface area contributed by atoms with Crippen molar-refractivity contribution >= 4 is 12.0 Å². The molecule has 0 fully saturated rings. The Bertz CT molecular complexity index is 438. The fraction of sp³-hybridized carbons (Fsp3) is 0.429. The number of carbonyl (C=O) groups is 2. The van der Waals surface area contributed by atoms with Crippen LogP contribution in [-0.2, 0) is 11.2 Å². The smallest absolute Gasteiger partial charge is 0.314 e. The van der Waals surface area contributed by atoms with Crippen molar-refractivity contribution in [3.8, 4) is 0 Å². The van der Waals surface area contributed by atoms with E-state index in [9.17, 15) is 9.59 Å². The van der Waals surface area contributed by atoms with Gasteiger partial charge in [-0.15, -0.1) is 0 Å². The summed E-state index contributed by atoms with van der Waals surface area (Å²) < 4.78 is 0. The molecule has 3 N–H and O–H groups in total. The number of aryl methyl sites for hydroxylation is 2. The molecule has 0 radical (unpaired) electrons. The fourth-order valence-electron chi connectivity index (χ4n) is 1.89. The second-order valence-corrected chi connectivity index (χ2v) is 4.45. The lowest BCUT2D eigenvalue weighted by Gasteiger charge is -2.11. The summed E-state index contributed by atoms with van der Waals surface area (Å²) in [6.45, 7) is 4.78. The Morgan fingerprint density at radius 3 is 2.26 bits per heavy atom. The zero-order chi connectivity index (χ0) is 14.3.